The van der Waals surface area contributed by atoms with Crippen LogP contribution in [0.2, 0.25) is 0 Å². The third-order valence-electron chi connectivity index (χ3n) is 4.49. The van der Waals surface area contributed by atoms with Crippen LogP contribution in [0, 0.1) is 5.82 Å². The van der Waals surface area contributed by atoms with Crippen LogP contribution in [0.3, 0.4) is 0 Å². The molecule has 3 unspecified atom stereocenters. The largest absolute Gasteiger partial charge is 0.573 e. The zero-order valence-electron chi connectivity index (χ0n) is 12.6. The van der Waals surface area contributed by atoms with E-state index in [4.69, 9.17) is 0 Å². The number of ether oxygens (including phenoxy) is 1. The van der Waals surface area contributed by atoms with E-state index in [0.717, 1.165) is 31.6 Å². The van der Waals surface area contributed by atoms with Crippen LogP contribution in [0.5, 0.6) is 5.75 Å². The minimum atomic E-state index is -4.89. The molecule has 4 rings (SSSR count). The number of piperazine rings is 1. The summed E-state index contributed by atoms with van der Waals surface area (Å²) in [5.41, 5.74) is 0.652. The van der Waals surface area contributed by atoms with E-state index in [2.05, 4.69) is 27.2 Å². The van der Waals surface area contributed by atoms with Crippen molar-refractivity contribution in [3.8, 4) is 5.75 Å². The van der Waals surface area contributed by atoms with Gasteiger partial charge in [0.2, 0.25) is 0 Å². The number of hydrogen-bond donors (Lipinski definition) is 1. The molecule has 0 saturated carbocycles. The molecule has 3 nitrogen and oxygen atoms in total. The smallest absolute Gasteiger partial charge is 0.403 e. The molecule has 3 aliphatic rings. The van der Waals surface area contributed by atoms with Crippen molar-refractivity contribution in [3.05, 3.63) is 29.6 Å². The number of halogens is 4. The Kier molecular flexibility index (Phi) is 4.50. The summed E-state index contributed by atoms with van der Waals surface area (Å²) in [4.78, 5) is 4.56. The van der Waals surface area contributed by atoms with Gasteiger partial charge in [-0.3, -0.25) is 9.80 Å². The van der Waals surface area contributed by atoms with Gasteiger partial charge in [0.25, 0.3) is 0 Å². The van der Waals surface area contributed by atoms with Crippen molar-refractivity contribution >= 4 is 12.6 Å². The summed E-state index contributed by atoms with van der Waals surface area (Å²) in [6.07, 6.45) is -3.78. The van der Waals surface area contributed by atoms with Gasteiger partial charge in [-0.05, 0) is 31.0 Å². The molecule has 2 bridgehead atoms. The quantitative estimate of drug-likeness (QED) is 0.663. The summed E-state index contributed by atoms with van der Waals surface area (Å²) < 4.78 is 53.8. The van der Waals surface area contributed by atoms with Crippen molar-refractivity contribution in [1.29, 1.82) is 0 Å². The van der Waals surface area contributed by atoms with Crippen molar-refractivity contribution in [3.63, 3.8) is 0 Å². The summed E-state index contributed by atoms with van der Waals surface area (Å²) in [5, 5.41) is 0.207. The lowest BCUT2D eigenvalue weighted by Crippen LogP contribution is -2.68. The number of benzene rings is 1. The Morgan fingerprint density at radius 3 is 2.48 bits per heavy atom. The average Bonchev–Trinajstić information content (AvgIpc) is 2.46. The van der Waals surface area contributed by atoms with Crippen LogP contribution < -0.4 is 4.74 Å². The topological polar surface area (TPSA) is 15.7 Å². The summed E-state index contributed by atoms with van der Waals surface area (Å²) in [5.74, 6) is -1.78. The first-order chi connectivity index (χ1) is 10.7. The number of fused-ring (bicyclic) bond motifs is 2. The molecule has 3 saturated heterocycles. The molecule has 8 heteroatoms. The van der Waals surface area contributed by atoms with E-state index in [1.54, 1.807) is 0 Å². The third kappa shape index (κ3) is 3.75. The average molecular weight is 350 g/mol. The fourth-order valence-corrected chi connectivity index (χ4v) is 3.53. The van der Waals surface area contributed by atoms with Crippen LogP contribution in [0.25, 0.3) is 0 Å². The minimum Gasteiger partial charge on any atom is -0.403 e. The first-order valence-corrected chi connectivity index (χ1v) is 7.96. The minimum absolute atomic E-state index is 0.207. The first kappa shape index (κ1) is 16.9. The van der Waals surface area contributed by atoms with Gasteiger partial charge in [0, 0.05) is 31.7 Å². The number of alkyl halides is 3. The first-order valence-electron chi connectivity index (χ1n) is 7.45. The number of hydrogen-bond acceptors (Lipinski definition) is 4. The van der Waals surface area contributed by atoms with Gasteiger partial charge in [-0.2, -0.15) is 12.6 Å². The Hall–Kier alpha value is -0.990. The van der Waals surface area contributed by atoms with Gasteiger partial charge in [0.1, 0.15) is 0 Å². The van der Waals surface area contributed by atoms with Crippen LogP contribution >= 0.6 is 12.6 Å². The second-order valence-corrected chi connectivity index (χ2v) is 6.86. The standard InChI is InChI=1S/C15H18F4N2OS/c1-9(23)20-7-11-5-12(8-20)21(11)6-10-2-3-14(13(16)4-10)22-15(17,18)19/h2-4,9,11-12,23H,5-8H2,1H3. The maximum absolute atomic E-state index is 13.7. The highest BCUT2D eigenvalue weighted by Crippen LogP contribution is 2.35. The molecule has 0 radical (unpaired) electrons. The molecule has 1 aromatic rings. The second-order valence-electron chi connectivity index (χ2n) is 6.11. The van der Waals surface area contributed by atoms with Crippen LogP contribution in [-0.4, -0.2) is 46.7 Å². The Balaban J connectivity index is 1.63. The molecule has 3 heterocycles. The van der Waals surface area contributed by atoms with E-state index in [-0.39, 0.29) is 5.37 Å². The van der Waals surface area contributed by atoms with Gasteiger partial charge in [-0.25, -0.2) is 4.39 Å². The summed E-state index contributed by atoms with van der Waals surface area (Å²) in [6, 6.07) is 4.44. The van der Waals surface area contributed by atoms with Crippen molar-refractivity contribution in [2.45, 2.75) is 43.7 Å². The molecule has 0 aliphatic carbocycles. The van der Waals surface area contributed by atoms with E-state index < -0.39 is 17.9 Å². The van der Waals surface area contributed by atoms with Crippen molar-refractivity contribution < 1.29 is 22.3 Å². The summed E-state index contributed by atoms with van der Waals surface area (Å²) in [7, 11) is 0. The molecule has 0 N–H and O–H groups in total. The normalized spacial score (nSPS) is 26.7. The number of rotatable bonds is 4. The lowest BCUT2D eigenvalue weighted by molar-refractivity contribution is -0.275. The van der Waals surface area contributed by atoms with Gasteiger partial charge in [0.05, 0.1) is 5.37 Å². The summed E-state index contributed by atoms with van der Waals surface area (Å²) in [6.45, 7) is 4.40. The van der Waals surface area contributed by atoms with E-state index in [1.165, 1.54) is 6.07 Å². The molecule has 0 amide bonds. The molecular weight excluding hydrogens is 332 g/mol. The van der Waals surface area contributed by atoms with Gasteiger partial charge in [-0.1, -0.05) is 6.07 Å². The lowest BCUT2D eigenvalue weighted by atomic mass is 9.87. The van der Waals surface area contributed by atoms with E-state index in [9.17, 15) is 17.6 Å². The maximum Gasteiger partial charge on any atom is 0.573 e. The highest BCUT2D eigenvalue weighted by molar-refractivity contribution is 7.80. The summed E-state index contributed by atoms with van der Waals surface area (Å²) >= 11 is 4.44. The molecule has 3 atom stereocenters. The molecule has 3 aliphatic heterocycles. The number of piperidine rings is 1. The van der Waals surface area contributed by atoms with E-state index >= 15 is 0 Å². The predicted molar refractivity (Wildman–Crippen MR) is 80.8 cm³/mol. The fraction of sp³-hybridized carbons (Fsp3) is 0.600. The molecule has 128 valence electrons. The van der Waals surface area contributed by atoms with Gasteiger partial charge in [0.15, 0.2) is 11.6 Å². The number of nitrogens with zero attached hydrogens (tertiary/aromatic N) is 2. The Bertz CT molecular complexity index is 569. The third-order valence-corrected chi connectivity index (χ3v) is 4.81. The van der Waals surface area contributed by atoms with E-state index in [1.807, 2.05) is 6.92 Å². The second kappa shape index (κ2) is 6.14. The molecule has 3 fully saturated rings. The van der Waals surface area contributed by atoms with Gasteiger partial charge < -0.3 is 4.74 Å². The molecule has 0 aromatic heterocycles. The van der Waals surface area contributed by atoms with Gasteiger partial charge in [-0.15, -0.1) is 13.2 Å². The molecular formula is C15H18F4N2OS. The Labute approximate surface area is 137 Å². The van der Waals surface area contributed by atoms with Crippen LogP contribution in [0.1, 0.15) is 18.9 Å². The molecule has 1 aromatic carbocycles. The highest BCUT2D eigenvalue weighted by atomic mass is 32.1. The van der Waals surface area contributed by atoms with Crippen LogP contribution in [0.15, 0.2) is 18.2 Å². The zero-order chi connectivity index (χ0) is 16.8. The zero-order valence-corrected chi connectivity index (χ0v) is 13.4. The van der Waals surface area contributed by atoms with E-state index in [0.29, 0.717) is 24.2 Å². The molecule has 23 heavy (non-hydrogen) atoms. The van der Waals surface area contributed by atoms with Crippen LogP contribution in [0.4, 0.5) is 17.6 Å². The van der Waals surface area contributed by atoms with Crippen molar-refractivity contribution in [2.24, 2.45) is 0 Å². The van der Waals surface area contributed by atoms with Gasteiger partial charge >= 0.3 is 6.36 Å². The Morgan fingerprint density at radius 1 is 1.30 bits per heavy atom. The van der Waals surface area contributed by atoms with Crippen molar-refractivity contribution in [1.82, 2.24) is 9.80 Å². The molecule has 0 spiro atoms. The van der Waals surface area contributed by atoms with Crippen molar-refractivity contribution in [2.75, 3.05) is 13.1 Å². The Morgan fingerprint density at radius 2 is 1.96 bits per heavy atom. The highest BCUT2D eigenvalue weighted by Gasteiger charge is 2.44. The van der Waals surface area contributed by atoms with Crippen LogP contribution in [-0.2, 0) is 6.54 Å². The lowest BCUT2D eigenvalue weighted by Gasteiger charge is -2.57. The number of thiol groups is 1. The fourth-order valence-electron chi connectivity index (χ4n) is 3.34. The predicted octanol–water partition coefficient (Wildman–Crippen LogP) is 3.26. The SMILES string of the molecule is CC(S)N1CC2CC(C1)N2Cc1ccc(OC(F)(F)F)c(F)c1. The maximum atomic E-state index is 13.7. The monoisotopic (exact) mass is 350 g/mol.